The zero-order chi connectivity index (χ0) is 39.9. The predicted molar refractivity (Wildman–Crippen MR) is 204 cm³/mol. The number of aromatic nitrogens is 1. The molecule has 3 rings (SSSR count). The Morgan fingerprint density at radius 2 is 1.70 bits per heavy atom. The first-order chi connectivity index (χ1) is 25.7. The van der Waals surface area contributed by atoms with Gasteiger partial charge in [0.1, 0.15) is 30.2 Å². The third-order valence-corrected chi connectivity index (χ3v) is 9.78. The fourth-order valence-corrected chi connectivity index (χ4v) is 6.65. The van der Waals surface area contributed by atoms with Crippen molar-refractivity contribution in [3.05, 3.63) is 36.0 Å². The molecule has 2 heterocycles. The van der Waals surface area contributed by atoms with Crippen molar-refractivity contribution in [3.63, 3.8) is 0 Å². The number of carbonyl (C=O) groups excluding carboxylic acids is 7. The van der Waals surface area contributed by atoms with Gasteiger partial charge >= 0.3 is 5.97 Å². The Morgan fingerprint density at radius 1 is 0.981 bits per heavy atom. The molecule has 2 aromatic rings. The first-order valence-electron chi connectivity index (χ1n) is 17.5. The van der Waals surface area contributed by atoms with E-state index >= 15 is 0 Å². The first kappa shape index (κ1) is 43.6. The molecule has 1 aromatic heterocycles. The number of benzene rings is 1. The van der Waals surface area contributed by atoms with Crippen LogP contribution in [0.15, 0.2) is 30.5 Å². The van der Waals surface area contributed by atoms with E-state index in [1.165, 1.54) is 4.90 Å². The molecule has 1 aromatic carbocycles. The summed E-state index contributed by atoms with van der Waals surface area (Å²) in [6.07, 6.45) is 2.41. The number of thiol groups is 2. The van der Waals surface area contributed by atoms with Crippen molar-refractivity contribution in [2.75, 3.05) is 25.4 Å². The van der Waals surface area contributed by atoms with Crippen molar-refractivity contribution >= 4 is 83.5 Å². The summed E-state index contributed by atoms with van der Waals surface area (Å²) in [7, 11) is 0. The molecule has 0 bridgehead atoms. The van der Waals surface area contributed by atoms with Gasteiger partial charge in [0.25, 0.3) is 0 Å². The van der Waals surface area contributed by atoms with Crippen LogP contribution in [0.2, 0.25) is 0 Å². The molecule has 18 nitrogen and oxygen atoms in total. The molecule has 0 saturated carbocycles. The number of amides is 7. The van der Waals surface area contributed by atoms with Gasteiger partial charge in [-0.1, -0.05) is 25.1 Å². The third-order valence-electron chi connectivity index (χ3n) is 8.86. The number of H-pyrrole nitrogens is 1. The van der Waals surface area contributed by atoms with E-state index in [2.05, 4.69) is 56.8 Å². The van der Waals surface area contributed by atoms with Gasteiger partial charge in [-0.15, -0.1) is 0 Å². The maximum Gasteiger partial charge on any atom is 0.305 e. The summed E-state index contributed by atoms with van der Waals surface area (Å²) in [4.78, 5) is 107. The van der Waals surface area contributed by atoms with Crippen LogP contribution in [0.25, 0.3) is 10.9 Å². The molecule has 20 heteroatoms. The second-order valence-electron chi connectivity index (χ2n) is 12.8. The van der Waals surface area contributed by atoms with Crippen LogP contribution in [-0.2, 0) is 44.8 Å². The number of aromatic amines is 1. The highest BCUT2D eigenvalue weighted by Crippen LogP contribution is 2.23. The van der Waals surface area contributed by atoms with Gasteiger partial charge in [-0.05, 0) is 43.9 Å². The van der Waals surface area contributed by atoms with Crippen LogP contribution in [0.1, 0.15) is 51.0 Å². The highest BCUT2D eigenvalue weighted by Gasteiger charge is 2.40. The summed E-state index contributed by atoms with van der Waals surface area (Å²) in [5.74, 6) is -6.68. The van der Waals surface area contributed by atoms with Crippen molar-refractivity contribution in [1.82, 2.24) is 36.5 Å². The molecule has 1 fully saturated rings. The van der Waals surface area contributed by atoms with E-state index in [1.807, 2.05) is 18.2 Å². The Kier molecular flexibility index (Phi) is 17.1. The molecule has 11 N–H and O–H groups in total. The van der Waals surface area contributed by atoms with Crippen molar-refractivity contribution < 1.29 is 43.5 Å². The quantitative estimate of drug-likeness (QED) is 0.0625. The highest BCUT2D eigenvalue weighted by molar-refractivity contribution is 7.81. The number of fused-ring (bicyclic) bond motifs is 1. The molecule has 54 heavy (non-hydrogen) atoms. The van der Waals surface area contributed by atoms with Gasteiger partial charge in [-0.3, -0.25) is 38.4 Å². The lowest BCUT2D eigenvalue weighted by Crippen LogP contribution is -2.59. The molecule has 0 spiro atoms. The van der Waals surface area contributed by atoms with E-state index in [-0.39, 0.29) is 31.6 Å². The fraction of sp³-hybridized carbons (Fsp3) is 0.529. The van der Waals surface area contributed by atoms with Crippen molar-refractivity contribution in [3.8, 4) is 0 Å². The molecule has 0 radical (unpaired) electrons. The molecular formula is C34H49N9O9S2. The van der Waals surface area contributed by atoms with E-state index in [0.29, 0.717) is 31.4 Å². The standard InChI is InChI=1S/C34H49N9O9S2/c1-2-26(44)42-29(25(54)10-5-11-35)33(51)38-16-27(45)39-21(14-28(46)47)31(49)40-22(13-18-15-37-20-8-4-3-7-19(18)20)34(52)43-12-6-9-24(43)32(50)41-23(17-53)30(36)48/h3-4,7-8,15,21-25,29,37,53-54H,2,5-6,9-14,16-17,35H2,1H3,(H2,36,48)(H,38,51)(H,39,45)(H,40,49)(H,41,50)(H,42,44)(H,46,47)/t21-,22-,23-,24-,25?,29-/m0/s1. The minimum Gasteiger partial charge on any atom is -0.481 e. The summed E-state index contributed by atoms with van der Waals surface area (Å²) in [5.41, 5.74) is 12.3. The molecular weight excluding hydrogens is 743 g/mol. The third kappa shape index (κ3) is 12.4. The average molecular weight is 792 g/mol. The van der Waals surface area contributed by atoms with Gasteiger partial charge in [0.15, 0.2) is 0 Å². The number of rotatable bonds is 21. The lowest BCUT2D eigenvalue weighted by atomic mass is 10.0. The molecule has 1 aliphatic rings. The largest absolute Gasteiger partial charge is 0.481 e. The Bertz CT molecular complexity index is 1690. The van der Waals surface area contributed by atoms with Crippen LogP contribution < -0.4 is 38.1 Å². The summed E-state index contributed by atoms with van der Waals surface area (Å²) in [6.45, 7) is 1.40. The number of primary amides is 1. The van der Waals surface area contributed by atoms with E-state index in [9.17, 15) is 43.5 Å². The zero-order valence-corrected chi connectivity index (χ0v) is 31.6. The van der Waals surface area contributed by atoms with E-state index in [0.717, 1.165) is 10.9 Å². The minimum atomic E-state index is -1.69. The smallest absolute Gasteiger partial charge is 0.305 e. The van der Waals surface area contributed by atoms with Crippen LogP contribution in [0.5, 0.6) is 0 Å². The molecule has 7 amide bonds. The number of carbonyl (C=O) groups is 8. The molecule has 296 valence electrons. The summed E-state index contributed by atoms with van der Waals surface area (Å²) in [6, 6.07) is 1.02. The Labute approximate surface area is 322 Å². The Balaban J connectivity index is 1.82. The minimum absolute atomic E-state index is 0.0676. The summed E-state index contributed by atoms with van der Waals surface area (Å²) < 4.78 is 0. The van der Waals surface area contributed by atoms with Gasteiger partial charge in [0.2, 0.25) is 41.4 Å². The Hall–Kier alpha value is -4.82. The maximum atomic E-state index is 14.2. The van der Waals surface area contributed by atoms with Gasteiger partial charge in [0.05, 0.1) is 13.0 Å². The number of nitrogens with one attached hydrogen (secondary N) is 6. The maximum absolute atomic E-state index is 14.2. The highest BCUT2D eigenvalue weighted by atomic mass is 32.1. The monoisotopic (exact) mass is 791 g/mol. The van der Waals surface area contributed by atoms with Gasteiger partial charge < -0.3 is 53.0 Å². The number of carboxylic acids is 1. The zero-order valence-electron chi connectivity index (χ0n) is 29.8. The number of likely N-dealkylation sites (tertiary alicyclic amines) is 1. The first-order valence-corrected chi connectivity index (χ1v) is 18.7. The van der Waals surface area contributed by atoms with Crippen LogP contribution in [-0.4, -0.2) is 123 Å². The number of hydrogen-bond donors (Lipinski definition) is 11. The second kappa shape index (κ2) is 21.2. The van der Waals surface area contributed by atoms with Gasteiger partial charge in [0, 0.05) is 47.5 Å². The van der Waals surface area contributed by atoms with Crippen LogP contribution in [0.4, 0.5) is 0 Å². The molecule has 6 atom stereocenters. The van der Waals surface area contributed by atoms with Gasteiger partial charge in [-0.2, -0.15) is 25.3 Å². The SMILES string of the molecule is CCC(=O)N[C@H](C(=O)NCC(=O)N[C@@H](CC(=O)O)C(=O)N[C@@H](Cc1c[nH]c2ccccc12)C(=O)N1CCC[C@H]1C(=O)N[C@@H](CS)C(N)=O)C(S)CCCN. The molecule has 1 saturated heterocycles. The normalized spacial score (nSPS) is 16.7. The number of hydrogen-bond acceptors (Lipinski definition) is 11. The lowest BCUT2D eigenvalue weighted by Gasteiger charge is -2.30. The number of para-hydroxylation sites is 1. The molecule has 1 aliphatic heterocycles. The van der Waals surface area contributed by atoms with Crippen molar-refractivity contribution in [1.29, 1.82) is 0 Å². The number of aliphatic carboxylic acids is 1. The average Bonchev–Trinajstić information content (AvgIpc) is 3.80. The topological polar surface area (TPSA) is 288 Å². The molecule has 0 aliphatic carbocycles. The van der Waals surface area contributed by atoms with Crippen LogP contribution in [0, 0.1) is 0 Å². The Morgan fingerprint density at radius 3 is 2.35 bits per heavy atom. The van der Waals surface area contributed by atoms with Crippen molar-refractivity contribution in [2.24, 2.45) is 11.5 Å². The summed E-state index contributed by atoms with van der Waals surface area (Å²) >= 11 is 8.48. The van der Waals surface area contributed by atoms with E-state index in [1.54, 1.807) is 19.2 Å². The predicted octanol–water partition coefficient (Wildman–Crippen LogP) is -1.91. The lowest BCUT2D eigenvalue weighted by molar-refractivity contribution is -0.143. The van der Waals surface area contributed by atoms with E-state index in [4.69, 9.17) is 11.5 Å². The van der Waals surface area contributed by atoms with E-state index < -0.39 is 95.7 Å². The van der Waals surface area contributed by atoms with Crippen LogP contribution >= 0.6 is 25.3 Å². The molecule has 1 unspecified atom stereocenters. The number of carboxylic acid groups (broad SMARTS) is 1. The second-order valence-corrected chi connectivity index (χ2v) is 13.8. The number of nitrogens with zero attached hydrogens (tertiary/aromatic N) is 1. The van der Waals surface area contributed by atoms with Crippen LogP contribution in [0.3, 0.4) is 0 Å². The summed E-state index contributed by atoms with van der Waals surface area (Å²) in [5, 5.41) is 22.1. The number of nitrogens with two attached hydrogens (primary N) is 2. The van der Waals surface area contributed by atoms with Gasteiger partial charge in [-0.25, -0.2) is 0 Å². The fourth-order valence-electron chi connectivity index (χ4n) is 5.98. The van der Waals surface area contributed by atoms with Crippen molar-refractivity contribution in [2.45, 2.75) is 87.3 Å².